The summed E-state index contributed by atoms with van der Waals surface area (Å²) in [5.41, 5.74) is 2.95. The first-order chi connectivity index (χ1) is 16.7. The highest BCUT2D eigenvalue weighted by molar-refractivity contribution is 7.92. The highest BCUT2D eigenvalue weighted by Crippen LogP contribution is 2.45. The molecule has 0 aliphatic carbocycles. The third kappa shape index (κ3) is 4.88. The molecule has 0 saturated carbocycles. The van der Waals surface area contributed by atoms with Crippen molar-refractivity contribution in [1.29, 1.82) is 0 Å². The normalized spacial score (nSPS) is 14.4. The Balaban J connectivity index is 1.49. The molecule has 0 unspecified atom stereocenters. The van der Waals surface area contributed by atoms with Gasteiger partial charge in [-0.25, -0.2) is 17.8 Å². The number of para-hydroxylation sites is 1. The summed E-state index contributed by atoms with van der Waals surface area (Å²) in [6, 6.07) is 12.8. The van der Waals surface area contributed by atoms with E-state index in [-0.39, 0.29) is 4.90 Å². The molecule has 0 fully saturated rings. The number of benzene rings is 2. The number of nitrogens with one attached hydrogen (secondary N) is 1. The van der Waals surface area contributed by atoms with Gasteiger partial charge in [0.2, 0.25) is 5.91 Å². The van der Waals surface area contributed by atoms with E-state index in [9.17, 15) is 17.6 Å². The second kappa shape index (κ2) is 9.42. The Hall–Kier alpha value is -2.66. The summed E-state index contributed by atoms with van der Waals surface area (Å²) in [5, 5.41) is 4.31. The second-order valence-electron chi connectivity index (χ2n) is 8.77. The zero-order valence-corrected chi connectivity index (χ0v) is 21.7. The van der Waals surface area contributed by atoms with Crippen molar-refractivity contribution in [2.75, 3.05) is 17.6 Å². The predicted molar refractivity (Wildman–Crippen MR) is 139 cm³/mol. The Labute approximate surface area is 211 Å². The van der Waals surface area contributed by atoms with Gasteiger partial charge < -0.3 is 5.32 Å². The van der Waals surface area contributed by atoms with Gasteiger partial charge in [-0.15, -0.1) is 22.7 Å². The van der Waals surface area contributed by atoms with E-state index >= 15 is 0 Å². The van der Waals surface area contributed by atoms with Crippen molar-refractivity contribution in [2.24, 2.45) is 0 Å². The molecular weight excluding hydrogens is 505 g/mol. The van der Waals surface area contributed by atoms with E-state index in [0.717, 1.165) is 57.3 Å². The molecular formula is C25H24FN3O3S3. The summed E-state index contributed by atoms with van der Waals surface area (Å²) in [6.45, 7) is 6.01. The van der Waals surface area contributed by atoms with Gasteiger partial charge >= 0.3 is 0 Å². The number of amides is 1. The molecule has 2 aromatic carbocycles. The number of aromatic nitrogens is 1. The number of rotatable bonds is 6. The lowest BCUT2D eigenvalue weighted by molar-refractivity contribution is -0.113. The lowest BCUT2D eigenvalue weighted by Crippen LogP contribution is -2.35. The fourth-order valence-electron chi connectivity index (χ4n) is 4.22. The molecule has 1 N–H and O–H groups in total. The van der Waals surface area contributed by atoms with Gasteiger partial charge in [0, 0.05) is 29.6 Å². The molecule has 3 heterocycles. The first kappa shape index (κ1) is 24.1. The first-order valence-electron chi connectivity index (χ1n) is 11.2. The van der Waals surface area contributed by atoms with Crippen LogP contribution in [0.25, 0.3) is 20.8 Å². The minimum Gasteiger partial charge on any atom is -0.316 e. The number of carbonyl (C=O) groups is 1. The first-order valence-corrected chi connectivity index (χ1v) is 14.5. The Morgan fingerprint density at radius 1 is 1.14 bits per heavy atom. The smallest absolute Gasteiger partial charge is 0.240 e. The maximum atomic E-state index is 13.2. The molecule has 0 spiro atoms. The second-order valence-corrected chi connectivity index (χ2v) is 12.9. The van der Waals surface area contributed by atoms with E-state index in [1.807, 2.05) is 24.3 Å². The van der Waals surface area contributed by atoms with E-state index in [1.165, 1.54) is 29.0 Å². The van der Waals surface area contributed by atoms with Crippen molar-refractivity contribution in [3.05, 3.63) is 64.8 Å². The number of nitrogens with zero attached hydrogens (tertiary/aromatic N) is 2. The average molecular weight is 530 g/mol. The summed E-state index contributed by atoms with van der Waals surface area (Å²) in [5.74, 6) is -1.89. The van der Waals surface area contributed by atoms with Crippen LogP contribution >= 0.6 is 22.7 Å². The Kier molecular flexibility index (Phi) is 6.47. The lowest BCUT2D eigenvalue weighted by Gasteiger charge is -2.30. The van der Waals surface area contributed by atoms with Gasteiger partial charge in [0.1, 0.15) is 21.6 Å². The molecule has 6 nitrogen and oxygen atoms in total. The molecule has 1 amide bonds. The van der Waals surface area contributed by atoms with Crippen LogP contribution in [0.5, 0.6) is 0 Å². The van der Waals surface area contributed by atoms with Crippen molar-refractivity contribution < 1.29 is 17.6 Å². The fourth-order valence-corrected chi connectivity index (χ4v) is 7.75. The number of thiophene rings is 1. The monoisotopic (exact) mass is 529 g/mol. The van der Waals surface area contributed by atoms with Gasteiger partial charge in [-0.3, -0.25) is 9.69 Å². The lowest BCUT2D eigenvalue weighted by atomic mass is 10.0. The maximum Gasteiger partial charge on any atom is 0.240 e. The van der Waals surface area contributed by atoms with Crippen LogP contribution in [0.3, 0.4) is 0 Å². The van der Waals surface area contributed by atoms with Crippen molar-refractivity contribution in [2.45, 2.75) is 37.8 Å². The molecule has 0 atom stereocenters. The fraction of sp³-hybridized carbons (Fsp3) is 0.280. The molecule has 1 aliphatic heterocycles. The molecule has 10 heteroatoms. The molecule has 0 saturated heterocycles. The summed E-state index contributed by atoms with van der Waals surface area (Å²) < 4.78 is 39.7. The number of thiazole rings is 1. The number of sulfone groups is 1. The third-order valence-electron chi connectivity index (χ3n) is 6.07. The third-order valence-corrected chi connectivity index (χ3v) is 9.89. The topological polar surface area (TPSA) is 79.4 Å². The van der Waals surface area contributed by atoms with Crippen molar-refractivity contribution in [1.82, 2.24) is 9.88 Å². The number of fused-ring (bicyclic) bond motifs is 2. The number of halogens is 1. The molecule has 4 aromatic rings. The van der Waals surface area contributed by atoms with Crippen LogP contribution in [-0.2, 0) is 27.6 Å². The number of hydrogen-bond acceptors (Lipinski definition) is 7. The Morgan fingerprint density at radius 2 is 1.89 bits per heavy atom. The molecule has 1 aliphatic rings. The molecule has 182 valence electrons. The van der Waals surface area contributed by atoms with E-state index < -0.39 is 27.3 Å². The summed E-state index contributed by atoms with van der Waals surface area (Å²) in [4.78, 5) is 21.2. The zero-order valence-electron chi connectivity index (χ0n) is 19.2. The minimum absolute atomic E-state index is 0.0847. The van der Waals surface area contributed by atoms with Crippen LogP contribution in [0.4, 0.5) is 9.39 Å². The van der Waals surface area contributed by atoms with Crippen LogP contribution in [0.15, 0.2) is 53.4 Å². The van der Waals surface area contributed by atoms with Gasteiger partial charge in [-0.2, -0.15) is 0 Å². The van der Waals surface area contributed by atoms with Crippen molar-refractivity contribution in [3.8, 4) is 10.6 Å². The van der Waals surface area contributed by atoms with Gasteiger partial charge in [0.25, 0.3) is 0 Å². The minimum atomic E-state index is -3.91. The van der Waals surface area contributed by atoms with Gasteiger partial charge in [0.15, 0.2) is 9.84 Å². The molecule has 35 heavy (non-hydrogen) atoms. The Bertz CT molecular complexity index is 1470. The van der Waals surface area contributed by atoms with Crippen molar-refractivity contribution in [3.63, 3.8) is 0 Å². The van der Waals surface area contributed by atoms with E-state index in [2.05, 4.69) is 24.1 Å². The Morgan fingerprint density at radius 3 is 2.60 bits per heavy atom. The molecule has 0 bridgehead atoms. The van der Waals surface area contributed by atoms with Crippen molar-refractivity contribution >= 4 is 53.6 Å². The standard InChI is InChI=1S/C25H24FN3O3S3/c1-15(2)29-12-11-18-21(13-29)34-25(23(18)24-27-19-5-3-4-6-20(19)33-24)28-22(30)14-35(31,32)17-9-7-16(26)8-10-17/h3-10,15H,11-14H2,1-2H3,(H,28,30). The quantitative estimate of drug-likeness (QED) is 0.341. The van der Waals surface area contributed by atoms with E-state index in [0.29, 0.717) is 11.0 Å². The highest BCUT2D eigenvalue weighted by atomic mass is 32.2. The predicted octanol–water partition coefficient (Wildman–Crippen LogP) is 5.34. The summed E-state index contributed by atoms with van der Waals surface area (Å²) >= 11 is 3.05. The summed E-state index contributed by atoms with van der Waals surface area (Å²) in [7, 11) is -3.91. The van der Waals surface area contributed by atoms with Gasteiger partial charge in [0.05, 0.1) is 15.1 Å². The van der Waals surface area contributed by atoms with Crippen LogP contribution in [-0.4, -0.2) is 42.5 Å². The number of carbonyl (C=O) groups excluding carboxylic acids is 1. The molecule has 2 aromatic heterocycles. The highest BCUT2D eigenvalue weighted by Gasteiger charge is 2.29. The average Bonchev–Trinajstić information content (AvgIpc) is 3.38. The maximum absolute atomic E-state index is 13.2. The van der Waals surface area contributed by atoms with Gasteiger partial charge in [-0.05, 0) is 62.2 Å². The SMILES string of the molecule is CC(C)N1CCc2c(sc(NC(=O)CS(=O)(=O)c3ccc(F)cc3)c2-c2nc3ccccc3s2)C1. The number of anilines is 1. The molecule has 0 radical (unpaired) electrons. The zero-order chi connectivity index (χ0) is 24.7. The van der Waals surface area contributed by atoms with Crippen LogP contribution in [0, 0.1) is 5.82 Å². The summed E-state index contributed by atoms with van der Waals surface area (Å²) in [6.07, 6.45) is 0.832. The van der Waals surface area contributed by atoms with E-state index in [1.54, 1.807) is 11.3 Å². The molecule has 5 rings (SSSR count). The van der Waals surface area contributed by atoms with Crippen LogP contribution in [0.2, 0.25) is 0 Å². The van der Waals surface area contributed by atoms with Gasteiger partial charge in [-0.1, -0.05) is 12.1 Å². The van der Waals surface area contributed by atoms with Crippen LogP contribution < -0.4 is 5.32 Å². The van der Waals surface area contributed by atoms with E-state index in [4.69, 9.17) is 4.98 Å². The largest absolute Gasteiger partial charge is 0.316 e. The number of hydrogen-bond donors (Lipinski definition) is 1. The van der Waals surface area contributed by atoms with Crippen LogP contribution in [0.1, 0.15) is 24.3 Å².